The zero-order valence-corrected chi connectivity index (χ0v) is 52.2. The van der Waals surface area contributed by atoms with Crippen LogP contribution in [0.3, 0.4) is 0 Å². The number of ether oxygens (including phenoxy) is 1. The molecule has 0 rings (SSSR count). The van der Waals surface area contributed by atoms with Crippen LogP contribution < -0.4 is 5.32 Å². The SMILES string of the molecule is CCCCC/C=C\C/C=C\CCCCCCCCCC(=O)OCCCCCCCCCCCCCCCCCCCCCCCCCCCCCCCCC(=O)NC(CO)C(O)CCCCCCCCCCCCCCC. The van der Waals surface area contributed by atoms with Crippen molar-refractivity contribution < 1.29 is 24.5 Å². The summed E-state index contributed by atoms with van der Waals surface area (Å²) in [6.07, 6.45) is 83.7. The van der Waals surface area contributed by atoms with Crippen LogP contribution >= 0.6 is 0 Å². The van der Waals surface area contributed by atoms with E-state index in [2.05, 4.69) is 43.5 Å². The van der Waals surface area contributed by atoms with Gasteiger partial charge in [0.15, 0.2) is 0 Å². The average Bonchev–Trinajstić information content (AvgIpc) is 3.43. The summed E-state index contributed by atoms with van der Waals surface area (Å²) in [7, 11) is 0. The Bertz CT molecular complexity index is 1200. The maximum absolute atomic E-state index is 12.5. The normalized spacial score (nSPS) is 12.6. The molecule has 0 fully saturated rings. The van der Waals surface area contributed by atoms with Crippen LogP contribution in [0, 0.1) is 0 Å². The van der Waals surface area contributed by atoms with Crippen LogP contribution in [0.1, 0.15) is 393 Å². The number of hydrogen-bond donors (Lipinski definition) is 3. The summed E-state index contributed by atoms with van der Waals surface area (Å²) in [5.74, 6) is -0.0162. The standard InChI is InChI=1S/C71H137NO5/c1-3-5-7-9-11-13-15-17-18-33-37-41-45-49-53-57-61-65-71(76)77-66-62-58-54-50-46-42-38-35-32-30-28-26-24-22-20-19-21-23-25-27-29-31-34-36-40-44-48-52-56-60-64-70(75)72-68(67-73)69(74)63-59-55-51-47-43-39-16-14-12-10-8-6-4-2/h11,13,17-18,68-69,73-74H,3-10,12,14-16,19-67H2,1-2H3,(H,72,75)/b13-11-,18-17-. The number of carbonyl (C=O) groups is 2. The number of allylic oxidation sites excluding steroid dienone is 4. The molecule has 0 radical (unpaired) electrons. The van der Waals surface area contributed by atoms with Crippen LogP contribution in [0.15, 0.2) is 24.3 Å². The Morgan fingerprint density at radius 1 is 0.364 bits per heavy atom. The van der Waals surface area contributed by atoms with Gasteiger partial charge in [0, 0.05) is 12.8 Å². The minimum Gasteiger partial charge on any atom is -0.466 e. The maximum atomic E-state index is 12.5. The van der Waals surface area contributed by atoms with Crippen molar-refractivity contribution in [1.82, 2.24) is 5.32 Å². The van der Waals surface area contributed by atoms with E-state index in [1.54, 1.807) is 0 Å². The molecule has 0 saturated heterocycles. The van der Waals surface area contributed by atoms with Gasteiger partial charge in [-0.3, -0.25) is 9.59 Å². The van der Waals surface area contributed by atoms with Crippen molar-refractivity contribution >= 4 is 11.9 Å². The Kier molecular flexibility index (Phi) is 65.4. The Hall–Kier alpha value is -1.66. The molecule has 1 amide bonds. The number of amides is 1. The molecule has 0 spiro atoms. The zero-order chi connectivity index (χ0) is 55.7. The molecular weight excluding hydrogens is 947 g/mol. The fourth-order valence-corrected chi connectivity index (χ4v) is 11.1. The van der Waals surface area contributed by atoms with Crippen LogP contribution in [-0.4, -0.2) is 47.4 Å². The third-order valence-corrected chi connectivity index (χ3v) is 16.5. The second-order valence-electron chi connectivity index (χ2n) is 24.2. The van der Waals surface area contributed by atoms with E-state index in [9.17, 15) is 19.8 Å². The van der Waals surface area contributed by atoms with Crippen LogP contribution in [0.25, 0.3) is 0 Å². The molecule has 0 aliphatic rings. The smallest absolute Gasteiger partial charge is 0.305 e. The molecule has 0 aromatic heterocycles. The van der Waals surface area contributed by atoms with Gasteiger partial charge in [0.2, 0.25) is 5.91 Å². The molecule has 0 bridgehead atoms. The van der Waals surface area contributed by atoms with Gasteiger partial charge in [0.05, 0.1) is 25.4 Å². The first-order chi connectivity index (χ1) is 38.0. The summed E-state index contributed by atoms with van der Waals surface area (Å²) in [5, 5.41) is 23.3. The monoisotopic (exact) mass is 1080 g/mol. The summed E-state index contributed by atoms with van der Waals surface area (Å²) in [6.45, 7) is 4.95. The number of rotatable bonds is 66. The van der Waals surface area contributed by atoms with Crippen molar-refractivity contribution in [3.8, 4) is 0 Å². The van der Waals surface area contributed by atoms with E-state index in [4.69, 9.17) is 4.74 Å². The zero-order valence-electron chi connectivity index (χ0n) is 52.2. The lowest BCUT2D eigenvalue weighted by Gasteiger charge is -2.22. The van der Waals surface area contributed by atoms with E-state index in [0.29, 0.717) is 25.9 Å². The third-order valence-electron chi connectivity index (χ3n) is 16.5. The molecule has 6 nitrogen and oxygen atoms in total. The second kappa shape index (κ2) is 66.8. The summed E-state index contributed by atoms with van der Waals surface area (Å²) >= 11 is 0. The number of esters is 1. The first-order valence-corrected chi connectivity index (χ1v) is 35.1. The maximum Gasteiger partial charge on any atom is 0.305 e. The second-order valence-corrected chi connectivity index (χ2v) is 24.2. The van der Waals surface area contributed by atoms with Crippen molar-refractivity contribution in [3.05, 3.63) is 24.3 Å². The van der Waals surface area contributed by atoms with E-state index < -0.39 is 12.1 Å². The van der Waals surface area contributed by atoms with Crippen molar-refractivity contribution in [2.24, 2.45) is 0 Å². The predicted octanol–water partition coefficient (Wildman–Crippen LogP) is 22.5. The van der Waals surface area contributed by atoms with Gasteiger partial charge in [-0.05, 0) is 57.8 Å². The van der Waals surface area contributed by atoms with E-state index in [0.717, 1.165) is 51.4 Å². The van der Waals surface area contributed by atoms with Gasteiger partial charge >= 0.3 is 5.97 Å². The predicted molar refractivity (Wildman–Crippen MR) is 338 cm³/mol. The van der Waals surface area contributed by atoms with Gasteiger partial charge in [-0.2, -0.15) is 0 Å². The lowest BCUT2D eigenvalue weighted by Crippen LogP contribution is -2.45. The highest BCUT2D eigenvalue weighted by molar-refractivity contribution is 5.76. The molecular formula is C71H137NO5. The van der Waals surface area contributed by atoms with E-state index in [1.807, 2.05) is 0 Å². The van der Waals surface area contributed by atoms with Crippen LogP contribution in [0.2, 0.25) is 0 Å². The van der Waals surface area contributed by atoms with Gasteiger partial charge in [-0.25, -0.2) is 0 Å². The first-order valence-electron chi connectivity index (χ1n) is 35.1. The van der Waals surface area contributed by atoms with Gasteiger partial charge in [0.25, 0.3) is 0 Å². The summed E-state index contributed by atoms with van der Waals surface area (Å²) in [6, 6.07) is -0.537. The molecule has 2 atom stereocenters. The molecule has 0 saturated carbocycles. The minimum absolute atomic E-state index is 0.0129. The fourth-order valence-electron chi connectivity index (χ4n) is 11.1. The highest BCUT2D eigenvalue weighted by atomic mass is 16.5. The quantitative estimate of drug-likeness (QED) is 0.0320. The summed E-state index contributed by atoms with van der Waals surface area (Å²) < 4.78 is 5.50. The average molecular weight is 1080 g/mol. The van der Waals surface area contributed by atoms with E-state index >= 15 is 0 Å². The molecule has 0 heterocycles. The molecule has 6 heteroatoms. The van der Waals surface area contributed by atoms with Crippen molar-refractivity contribution in [2.45, 2.75) is 405 Å². The molecule has 0 aromatic rings. The fraction of sp³-hybridized carbons (Fsp3) is 0.915. The Morgan fingerprint density at radius 2 is 0.649 bits per heavy atom. The number of unbranched alkanes of at least 4 members (excludes halogenated alkanes) is 51. The molecule has 0 aromatic carbocycles. The Labute approximate surface area is 481 Å². The highest BCUT2D eigenvalue weighted by Crippen LogP contribution is 2.19. The molecule has 77 heavy (non-hydrogen) atoms. The van der Waals surface area contributed by atoms with Gasteiger partial charge in [0.1, 0.15) is 0 Å². The summed E-state index contributed by atoms with van der Waals surface area (Å²) in [5.41, 5.74) is 0. The molecule has 3 N–H and O–H groups in total. The highest BCUT2D eigenvalue weighted by Gasteiger charge is 2.20. The number of nitrogens with one attached hydrogen (secondary N) is 1. The number of aliphatic hydroxyl groups excluding tert-OH is 2. The first kappa shape index (κ1) is 75.3. The van der Waals surface area contributed by atoms with Crippen LogP contribution in [-0.2, 0) is 14.3 Å². The summed E-state index contributed by atoms with van der Waals surface area (Å²) in [4.78, 5) is 24.6. The lowest BCUT2D eigenvalue weighted by molar-refractivity contribution is -0.143. The van der Waals surface area contributed by atoms with E-state index in [1.165, 1.54) is 308 Å². The molecule has 0 aliphatic heterocycles. The Balaban J connectivity index is 3.31. The largest absolute Gasteiger partial charge is 0.466 e. The minimum atomic E-state index is -0.660. The number of aliphatic hydroxyl groups is 2. The molecule has 456 valence electrons. The van der Waals surface area contributed by atoms with E-state index in [-0.39, 0.29) is 18.5 Å². The van der Waals surface area contributed by atoms with Crippen LogP contribution in [0.4, 0.5) is 0 Å². The number of carbonyl (C=O) groups excluding carboxylic acids is 2. The molecule has 0 aliphatic carbocycles. The van der Waals surface area contributed by atoms with Crippen molar-refractivity contribution in [3.63, 3.8) is 0 Å². The number of hydrogen-bond acceptors (Lipinski definition) is 5. The van der Waals surface area contributed by atoms with Crippen LogP contribution in [0.5, 0.6) is 0 Å². The topological polar surface area (TPSA) is 95.9 Å². The van der Waals surface area contributed by atoms with Gasteiger partial charge < -0.3 is 20.3 Å². The van der Waals surface area contributed by atoms with Gasteiger partial charge in [-0.15, -0.1) is 0 Å². The van der Waals surface area contributed by atoms with Gasteiger partial charge in [-0.1, -0.05) is 346 Å². The van der Waals surface area contributed by atoms with Crippen molar-refractivity contribution in [2.75, 3.05) is 13.2 Å². The third kappa shape index (κ3) is 63.4. The Morgan fingerprint density at radius 3 is 1.01 bits per heavy atom. The lowest BCUT2D eigenvalue weighted by atomic mass is 10.0. The molecule has 2 unspecified atom stereocenters. The van der Waals surface area contributed by atoms with Crippen molar-refractivity contribution in [1.29, 1.82) is 0 Å².